The zero-order valence-electron chi connectivity index (χ0n) is 3.91. The molecule has 0 bridgehead atoms. The maximum absolute atomic E-state index is 9.44. The van der Waals surface area contributed by atoms with Crippen molar-refractivity contribution in [1.29, 1.82) is 0 Å². The number of carbonyl (C=O) groups excluding carboxylic acids is 1. The summed E-state index contributed by atoms with van der Waals surface area (Å²) in [5.74, 6) is 0.167. The van der Waals surface area contributed by atoms with E-state index in [1.54, 1.807) is 0 Å². The van der Waals surface area contributed by atoms with Crippen molar-refractivity contribution < 1.29 is 52.7 Å². The molecule has 0 aromatic heterocycles. The fourth-order valence-corrected chi connectivity index (χ4v) is 0. The van der Waals surface area contributed by atoms with Gasteiger partial charge in [0.2, 0.25) is 0 Å². The molecule has 0 amide bonds. The molecule has 0 radical (unpaired) electrons. The van der Waals surface area contributed by atoms with Crippen LogP contribution in [0.3, 0.4) is 0 Å². The van der Waals surface area contributed by atoms with Crippen LogP contribution in [-0.2, 0) is 52.7 Å². The van der Waals surface area contributed by atoms with Crippen LogP contribution in [0.1, 0.15) is 13.8 Å². The van der Waals surface area contributed by atoms with Crippen molar-refractivity contribution in [3.8, 4) is 0 Å². The predicted octanol–water partition coefficient (Wildman–Crippen LogP) is 0.590. The summed E-state index contributed by atoms with van der Waals surface area (Å²) < 4.78 is 0. The molecule has 32 valence electrons. The Labute approximate surface area is 71.9 Å². The number of carbonyl (C=O) groups is 1. The van der Waals surface area contributed by atoms with Crippen LogP contribution in [0.2, 0.25) is 0 Å². The minimum absolute atomic E-state index is 0. The molecule has 1 nitrogen and oxygen atoms in total. The Morgan fingerprint density at radius 2 is 1.33 bits per heavy atom. The van der Waals surface area contributed by atoms with Gasteiger partial charge in [0.15, 0.2) is 0 Å². The number of hydrogen-bond donors (Lipinski definition) is 0. The molecule has 0 N–H and O–H groups in total. The van der Waals surface area contributed by atoms with E-state index < -0.39 is 0 Å². The molecule has 0 aliphatic carbocycles. The summed E-state index contributed by atoms with van der Waals surface area (Å²) in [6, 6.07) is 0. The zero-order valence-corrected chi connectivity index (χ0v) is 7.93. The minimum Gasteiger partial charge on any atom is -0.300 e. The molecule has 0 aliphatic heterocycles. The molecule has 3 heteroatoms. The van der Waals surface area contributed by atoms with Gasteiger partial charge in [-0.1, -0.05) is 0 Å². The number of rotatable bonds is 0. The molecule has 6 heavy (non-hydrogen) atoms. The number of hydrogen-bond acceptors (Lipinski definition) is 1. The van der Waals surface area contributed by atoms with Crippen LogP contribution >= 0.6 is 0 Å². The molecule has 0 aromatic carbocycles. The van der Waals surface area contributed by atoms with Gasteiger partial charge < -0.3 is 4.79 Å². The zero-order chi connectivity index (χ0) is 3.58. The molecule has 0 spiro atoms. The third kappa shape index (κ3) is 59.7. The van der Waals surface area contributed by atoms with Crippen LogP contribution in [0.4, 0.5) is 0 Å². The van der Waals surface area contributed by atoms with Crippen LogP contribution in [0.5, 0.6) is 0 Å². The second-order valence-corrected chi connectivity index (χ2v) is 0.908. The number of ketones is 1. The Morgan fingerprint density at radius 1 is 1.33 bits per heavy atom. The van der Waals surface area contributed by atoms with Gasteiger partial charge >= 0.3 is 0 Å². The number of Topliss-reactive ketones (excluding diaryl/α,β-unsaturated/α-hetero) is 1. The molecule has 0 aliphatic rings. The fourth-order valence-electron chi connectivity index (χ4n) is 0. The standard InChI is InChI=1S/C3H6O.Ti.Zr/c1-3(2)4;;/h1-2H3;;. The third-order valence-electron chi connectivity index (χ3n) is 0. The van der Waals surface area contributed by atoms with Gasteiger partial charge in [0, 0.05) is 47.9 Å². The molecular weight excluding hydrogens is 191 g/mol. The van der Waals surface area contributed by atoms with Crippen molar-refractivity contribution in [2.24, 2.45) is 0 Å². The summed E-state index contributed by atoms with van der Waals surface area (Å²) in [5, 5.41) is 0. The van der Waals surface area contributed by atoms with E-state index in [1.807, 2.05) is 0 Å². The first-order valence-corrected chi connectivity index (χ1v) is 1.20. The average molecular weight is 197 g/mol. The SMILES string of the molecule is CC(C)=O.[Ti].[Zr]. The van der Waals surface area contributed by atoms with E-state index in [0.29, 0.717) is 0 Å². The van der Waals surface area contributed by atoms with Crippen LogP contribution in [0.15, 0.2) is 0 Å². The summed E-state index contributed by atoms with van der Waals surface area (Å²) >= 11 is 0. The van der Waals surface area contributed by atoms with Gasteiger partial charge in [-0.25, -0.2) is 0 Å². The first-order chi connectivity index (χ1) is 1.73. The van der Waals surface area contributed by atoms with E-state index in [4.69, 9.17) is 0 Å². The first kappa shape index (κ1) is 15.7. The van der Waals surface area contributed by atoms with E-state index in [9.17, 15) is 4.79 Å². The maximum Gasteiger partial charge on any atom is 0.126 e. The Bertz CT molecular complexity index is 33.8. The summed E-state index contributed by atoms with van der Waals surface area (Å²) in [6.45, 7) is 3.06. The minimum atomic E-state index is 0. The van der Waals surface area contributed by atoms with Crippen LogP contribution in [-0.4, -0.2) is 5.78 Å². The smallest absolute Gasteiger partial charge is 0.126 e. The fraction of sp³-hybridized carbons (Fsp3) is 0.667. The molecule has 0 unspecified atom stereocenters. The Kier molecular flexibility index (Phi) is 24.9. The van der Waals surface area contributed by atoms with Gasteiger partial charge in [0.1, 0.15) is 5.78 Å². The average Bonchev–Trinajstić information content (AvgIpc) is 0.811. The summed E-state index contributed by atoms with van der Waals surface area (Å²) in [5.41, 5.74) is 0. The van der Waals surface area contributed by atoms with Crippen LogP contribution in [0.25, 0.3) is 0 Å². The third-order valence-corrected chi connectivity index (χ3v) is 0. The molecule has 0 rings (SSSR count). The van der Waals surface area contributed by atoms with Gasteiger partial charge in [-0.3, -0.25) is 0 Å². The van der Waals surface area contributed by atoms with Crippen molar-refractivity contribution >= 4 is 5.78 Å². The van der Waals surface area contributed by atoms with Crippen molar-refractivity contribution in [3.05, 3.63) is 0 Å². The van der Waals surface area contributed by atoms with Crippen LogP contribution in [0, 0.1) is 0 Å². The monoisotopic (exact) mass is 196 g/mol. The Hall–Kier alpha value is 1.27. The topological polar surface area (TPSA) is 17.1 Å². The van der Waals surface area contributed by atoms with E-state index in [2.05, 4.69) is 0 Å². The molecule has 0 saturated carbocycles. The quantitative estimate of drug-likeness (QED) is 0.519. The Morgan fingerprint density at radius 3 is 1.33 bits per heavy atom. The van der Waals surface area contributed by atoms with Crippen molar-refractivity contribution in [1.82, 2.24) is 0 Å². The van der Waals surface area contributed by atoms with Gasteiger partial charge in [0.05, 0.1) is 0 Å². The van der Waals surface area contributed by atoms with Crippen LogP contribution < -0.4 is 0 Å². The van der Waals surface area contributed by atoms with Gasteiger partial charge in [-0.2, -0.15) is 0 Å². The molecular formula is C3H6OTiZr. The maximum atomic E-state index is 9.44. The summed E-state index contributed by atoms with van der Waals surface area (Å²) in [6.07, 6.45) is 0. The summed E-state index contributed by atoms with van der Waals surface area (Å²) in [7, 11) is 0. The molecule has 0 heterocycles. The van der Waals surface area contributed by atoms with Crippen molar-refractivity contribution in [3.63, 3.8) is 0 Å². The molecule has 0 saturated heterocycles. The van der Waals surface area contributed by atoms with E-state index in [-0.39, 0.29) is 53.7 Å². The van der Waals surface area contributed by atoms with E-state index >= 15 is 0 Å². The normalized spacial score (nSPS) is 4.33. The summed E-state index contributed by atoms with van der Waals surface area (Å²) in [4.78, 5) is 9.44. The predicted molar refractivity (Wildman–Crippen MR) is 16.4 cm³/mol. The van der Waals surface area contributed by atoms with Gasteiger partial charge in [-0.05, 0) is 13.8 Å². The first-order valence-electron chi connectivity index (χ1n) is 1.20. The van der Waals surface area contributed by atoms with E-state index in [0.717, 1.165) is 0 Å². The molecule has 0 atom stereocenters. The second kappa shape index (κ2) is 9.55. The molecule has 0 aromatic rings. The van der Waals surface area contributed by atoms with Gasteiger partial charge in [-0.15, -0.1) is 0 Å². The van der Waals surface area contributed by atoms with Crippen molar-refractivity contribution in [2.75, 3.05) is 0 Å². The molecule has 0 fully saturated rings. The largest absolute Gasteiger partial charge is 0.300 e. The van der Waals surface area contributed by atoms with E-state index in [1.165, 1.54) is 13.8 Å². The Balaban J connectivity index is -0.0000000450. The van der Waals surface area contributed by atoms with Crippen molar-refractivity contribution in [2.45, 2.75) is 13.8 Å². The van der Waals surface area contributed by atoms with Gasteiger partial charge in [0.25, 0.3) is 0 Å². The second-order valence-electron chi connectivity index (χ2n) is 0.908.